The second-order valence-corrected chi connectivity index (χ2v) is 9.02. The van der Waals surface area contributed by atoms with Crippen molar-refractivity contribution in [3.63, 3.8) is 0 Å². The van der Waals surface area contributed by atoms with Gasteiger partial charge in [0, 0.05) is 13.1 Å². The fourth-order valence-electron chi connectivity index (χ4n) is 3.54. The van der Waals surface area contributed by atoms with Crippen molar-refractivity contribution in [3.8, 4) is 11.5 Å². The molecular weight excluding hydrogens is 391 g/mol. The number of hydrogen-bond acceptors (Lipinski definition) is 5. The van der Waals surface area contributed by atoms with E-state index in [2.05, 4.69) is 4.98 Å². The molecule has 29 heavy (non-hydrogen) atoms. The van der Waals surface area contributed by atoms with Gasteiger partial charge in [0.2, 0.25) is 26.6 Å². The molecule has 1 aliphatic rings. The molecule has 2 heterocycles. The van der Waals surface area contributed by atoms with Gasteiger partial charge in [-0.2, -0.15) is 4.98 Å². The Morgan fingerprint density at radius 2 is 1.72 bits per heavy atom. The van der Waals surface area contributed by atoms with Crippen molar-refractivity contribution < 1.29 is 17.2 Å². The maximum atomic E-state index is 14.3. The zero-order chi connectivity index (χ0) is 20.4. The number of nitrogens with zero attached hydrogens (tertiary/aromatic N) is 2. The van der Waals surface area contributed by atoms with Crippen molar-refractivity contribution in [1.29, 1.82) is 0 Å². The van der Waals surface area contributed by atoms with Crippen LogP contribution in [0.5, 0.6) is 0 Å². The van der Waals surface area contributed by atoms with Gasteiger partial charge in [-0.05, 0) is 55.5 Å². The van der Waals surface area contributed by atoms with Crippen LogP contribution in [0.25, 0.3) is 11.5 Å². The monoisotopic (exact) mass is 414 g/mol. The second-order valence-electron chi connectivity index (χ2n) is 7.16. The minimum atomic E-state index is -3.91. The molecule has 3 aromatic rings. The van der Waals surface area contributed by atoms with Crippen molar-refractivity contribution in [2.45, 2.75) is 42.5 Å². The summed E-state index contributed by atoms with van der Waals surface area (Å²) < 4.78 is 46.9. The van der Waals surface area contributed by atoms with Crippen molar-refractivity contribution in [1.82, 2.24) is 4.98 Å². The number of hydrogen-bond donors (Lipinski definition) is 0. The molecule has 1 fully saturated rings. The number of sulfone groups is 1. The fourth-order valence-corrected chi connectivity index (χ4v) is 4.86. The summed E-state index contributed by atoms with van der Waals surface area (Å²) in [4.78, 5) is 6.32. The third kappa shape index (κ3) is 3.79. The van der Waals surface area contributed by atoms with E-state index in [1.165, 1.54) is 12.1 Å². The van der Waals surface area contributed by atoms with Crippen LogP contribution in [0.2, 0.25) is 0 Å². The molecule has 5 nitrogen and oxygen atoms in total. The van der Waals surface area contributed by atoms with E-state index in [4.69, 9.17) is 4.42 Å². The first-order valence-electron chi connectivity index (χ1n) is 9.85. The normalized spacial score (nSPS) is 14.9. The predicted octanol–water partition coefficient (Wildman–Crippen LogP) is 4.87. The van der Waals surface area contributed by atoms with Crippen LogP contribution in [0.3, 0.4) is 0 Å². The number of aryl methyl sites for hydroxylation is 1. The summed E-state index contributed by atoms with van der Waals surface area (Å²) >= 11 is 0. The van der Waals surface area contributed by atoms with Crippen molar-refractivity contribution in [2.75, 3.05) is 18.0 Å². The van der Waals surface area contributed by atoms with Gasteiger partial charge in [0.05, 0.1) is 10.5 Å². The van der Waals surface area contributed by atoms with E-state index in [1.54, 1.807) is 36.4 Å². The van der Waals surface area contributed by atoms with E-state index in [0.29, 0.717) is 13.1 Å². The topological polar surface area (TPSA) is 63.4 Å². The number of aromatic nitrogens is 1. The molecular formula is C22H23FN2O3S. The van der Waals surface area contributed by atoms with Crippen LogP contribution in [0, 0.1) is 5.82 Å². The number of piperidine rings is 1. The molecule has 7 heteroatoms. The molecule has 0 saturated carbocycles. The highest BCUT2D eigenvalue weighted by Crippen LogP contribution is 2.36. The summed E-state index contributed by atoms with van der Waals surface area (Å²) in [6, 6.07) is 12.8. The van der Waals surface area contributed by atoms with Gasteiger partial charge < -0.3 is 9.32 Å². The van der Waals surface area contributed by atoms with Gasteiger partial charge in [-0.25, -0.2) is 12.8 Å². The Kier molecular flexibility index (Phi) is 5.41. The largest absolute Gasteiger partial charge is 0.419 e. The lowest BCUT2D eigenvalue weighted by Crippen LogP contribution is -2.30. The summed E-state index contributed by atoms with van der Waals surface area (Å²) in [7, 11) is -3.91. The third-order valence-corrected chi connectivity index (χ3v) is 6.89. The summed E-state index contributed by atoms with van der Waals surface area (Å²) in [5, 5.41) is -0.151. The van der Waals surface area contributed by atoms with Gasteiger partial charge in [-0.1, -0.05) is 31.2 Å². The first-order valence-corrected chi connectivity index (χ1v) is 11.3. The Morgan fingerprint density at radius 3 is 2.38 bits per heavy atom. The number of oxazole rings is 1. The van der Waals surface area contributed by atoms with Crippen LogP contribution in [0.4, 0.5) is 10.3 Å². The Bertz CT molecular complexity index is 1100. The molecule has 0 aliphatic carbocycles. The number of halogens is 1. The van der Waals surface area contributed by atoms with Gasteiger partial charge in [-0.3, -0.25) is 0 Å². The number of anilines is 1. The number of benzene rings is 2. The average molecular weight is 415 g/mol. The minimum absolute atomic E-state index is 0.0209. The molecule has 1 aromatic heterocycles. The fraction of sp³-hybridized carbons (Fsp3) is 0.318. The van der Waals surface area contributed by atoms with Crippen LogP contribution >= 0.6 is 0 Å². The maximum Gasteiger partial charge on any atom is 0.236 e. The van der Waals surface area contributed by atoms with Crippen LogP contribution in [0.1, 0.15) is 31.7 Å². The highest BCUT2D eigenvalue weighted by molar-refractivity contribution is 7.91. The molecule has 0 spiro atoms. The molecule has 152 valence electrons. The van der Waals surface area contributed by atoms with Crippen molar-refractivity contribution in [3.05, 3.63) is 59.9 Å². The van der Waals surface area contributed by atoms with Gasteiger partial charge >= 0.3 is 0 Å². The lowest BCUT2D eigenvalue weighted by atomic mass is 10.1. The summed E-state index contributed by atoms with van der Waals surface area (Å²) in [6.45, 7) is 3.38. The molecule has 1 aliphatic heterocycles. The molecule has 2 aromatic carbocycles. The van der Waals surface area contributed by atoms with E-state index in [0.717, 1.165) is 31.2 Å². The first kappa shape index (κ1) is 19.6. The molecule has 1 saturated heterocycles. The lowest BCUT2D eigenvalue weighted by molar-refractivity contribution is 0.497. The number of rotatable bonds is 5. The van der Waals surface area contributed by atoms with E-state index in [-0.39, 0.29) is 27.3 Å². The van der Waals surface area contributed by atoms with E-state index < -0.39 is 15.7 Å². The molecule has 0 N–H and O–H groups in total. The highest BCUT2D eigenvalue weighted by atomic mass is 32.2. The molecule has 0 unspecified atom stereocenters. The second kappa shape index (κ2) is 7.99. The van der Waals surface area contributed by atoms with Gasteiger partial charge in [0.15, 0.2) is 0 Å². The minimum Gasteiger partial charge on any atom is -0.419 e. The van der Waals surface area contributed by atoms with E-state index in [1.807, 2.05) is 11.8 Å². The summed E-state index contributed by atoms with van der Waals surface area (Å²) in [5.74, 6) is -0.329. The Hall–Kier alpha value is -2.67. The quantitative estimate of drug-likeness (QED) is 0.596. The zero-order valence-electron chi connectivity index (χ0n) is 16.3. The molecule has 4 rings (SSSR count). The predicted molar refractivity (Wildman–Crippen MR) is 109 cm³/mol. The van der Waals surface area contributed by atoms with Crippen LogP contribution in [-0.2, 0) is 16.3 Å². The van der Waals surface area contributed by atoms with Crippen LogP contribution < -0.4 is 4.90 Å². The van der Waals surface area contributed by atoms with E-state index >= 15 is 0 Å². The van der Waals surface area contributed by atoms with Crippen LogP contribution in [0.15, 0.2) is 62.9 Å². The Labute approximate surface area is 170 Å². The third-order valence-electron chi connectivity index (χ3n) is 5.22. The van der Waals surface area contributed by atoms with E-state index in [9.17, 15) is 12.8 Å². The maximum absolute atomic E-state index is 14.3. The molecule has 0 atom stereocenters. The molecule has 0 radical (unpaired) electrons. The van der Waals surface area contributed by atoms with Crippen LogP contribution in [-0.4, -0.2) is 26.5 Å². The summed E-state index contributed by atoms with van der Waals surface area (Å²) in [5.41, 5.74) is 1.20. The lowest BCUT2D eigenvalue weighted by Gasteiger charge is -2.26. The average Bonchev–Trinajstić information content (AvgIpc) is 3.21. The molecule has 0 amide bonds. The van der Waals surface area contributed by atoms with Gasteiger partial charge in [0.25, 0.3) is 0 Å². The first-order chi connectivity index (χ1) is 14.0. The van der Waals surface area contributed by atoms with Gasteiger partial charge in [0.1, 0.15) is 5.82 Å². The van der Waals surface area contributed by atoms with Gasteiger partial charge in [-0.15, -0.1) is 0 Å². The highest BCUT2D eigenvalue weighted by Gasteiger charge is 2.32. The summed E-state index contributed by atoms with van der Waals surface area (Å²) in [6.07, 6.45) is 3.80. The van der Waals surface area contributed by atoms with Crippen molar-refractivity contribution in [2.24, 2.45) is 0 Å². The van der Waals surface area contributed by atoms with Crippen molar-refractivity contribution >= 4 is 15.7 Å². The Balaban J connectivity index is 1.84. The molecule has 0 bridgehead atoms. The Morgan fingerprint density at radius 1 is 1.03 bits per heavy atom. The standard InChI is InChI=1S/C22H23FN2O3S/c1-2-16-10-12-17(13-11-16)29(26,27)21-22(25-14-6-3-7-15-25)28-20(24-21)18-8-4-5-9-19(18)23/h4-5,8-13H,2-3,6-7,14-15H2,1H3. The SMILES string of the molecule is CCc1ccc(S(=O)(=O)c2nc(-c3ccccc3F)oc2N2CCCCC2)cc1. The smallest absolute Gasteiger partial charge is 0.236 e. The zero-order valence-corrected chi connectivity index (χ0v) is 17.1.